The number of halogens is 1. The number of aromatic amines is 1. The fourth-order valence-electron chi connectivity index (χ4n) is 2.25. The van der Waals surface area contributed by atoms with Gasteiger partial charge in [0.2, 0.25) is 0 Å². The molecule has 0 aliphatic carbocycles. The maximum Gasteiger partial charge on any atom is 0.328 e. The summed E-state index contributed by atoms with van der Waals surface area (Å²) in [7, 11) is 0. The van der Waals surface area contributed by atoms with E-state index < -0.39 is 23.0 Å². The molecule has 25 heavy (non-hydrogen) atoms. The zero-order valence-corrected chi connectivity index (χ0v) is 12.9. The van der Waals surface area contributed by atoms with Crippen LogP contribution in [0, 0.1) is 5.82 Å². The summed E-state index contributed by atoms with van der Waals surface area (Å²) in [6.07, 6.45) is 4.01. The number of pyridine rings is 1. The van der Waals surface area contributed by atoms with Crippen LogP contribution in [0.3, 0.4) is 0 Å². The molecular weight excluding hydrogens is 327 g/mol. The Kier molecular flexibility index (Phi) is 4.51. The van der Waals surface area contributed by atoms with Gasteiger partial charge in [-0.05, 0) is 18.2 Å². The Morgan fingerprint density at radius 2 is 1.88 bits per heavy atom. The summed E-state index contributed by atoms with van der Waals surface area (Å²) in [5.41, 5.74) is -1.17. The minimum atomic E-state index is -0.807. The van der Waals surface area contributed by atoms with E-state index in [0.717, 1.165) is 10.8 Å². The van der Waals surface area contributed by atoms with E-state index in [0.29, 0.717) is 5.69 Å². The van der Waals surface area contributed by atoms with E-state index in [1.54, 1.807) is 18.2 Å². The summed E-state index contributed by atoms with van der Waals surface area (Å²) in [6, 6.07) is 8.91. The third-order valence-electron chi connectivity index (χ3n) is 3.53. The number of anilines is 1. The zero-order valence-electron chi connectivity index (χ0n) is 12.9. The van der Waals surface area contributed by atoms with Crippen molar-refractivity contribution >= 4 is 11.6 Å². The molecule has 3 aromatic rings. The van der Waals surface area contributed by atoms with Crippen molar-refractivity contribution in [1.29, 1.82) is 0 Å². The second-order valence-electron chi connectivity index (χ2n) is 5.18. The number of H-pyrrole nitrogens is 1. The minimum Gasteiger partial charge on any atom is -0.322 e. The minimum absolute atomic E-state index is 0.168. The molecule has 0 fully saturated rings. The molecule has 2 heterocycles. The van der Waals surface area contributed by atoms with Crippen LogP contribution in [-0.4, -0.2) is 20.4 Å². The molecule has 1 amide bonds. The van der Waals surface area contributed by atoms with Gasteiger partial charge in [0.25, 0.3) is 11.5 Å². The van der Waals surface area contributed by atoms with Crippen molar-refractivity contribution in [2.45, 2.75) is 6.54 Å². The summed E-state index contributed by atoms with van der Waals surface area (Å²) in [6.45, 7) is -0.281. The highest BCUT2D eigenvalue weighted by molar-refractivity contribution is 6.03. The highest BCUT2D eigenvalue weighted by atomic mass is 19.1. The SMILES string of the molecule is O=C(Nc1ccncc1)c1c[nH]c(=O)n(Cc2ccccc2F)c1=O. The number of nitrogens with one attached hydrogen (secondary N) is 2. The van der Waals surface area contributed by atoms with Crippen molar-refractivity contribution in [3.63, 3.8) is 0 Å². The Labute approximate surface area is 140 Å². The molecule has 1 aromatic carbocycles. The molecule has 8 heteroatoms. The smallest absolute Gasteiger partial charge is 0.322 e. The van der Waals surface area contributed by atoms with E-state index in [2.05, 4.69) is 15.3 Å². The number of hydrogen-bond donors (Lipinski definition) is 2. The van der Waals surface area contributed by atoms with Crippen LogP contribution in [0.25, 0.3) is 0 Å². The van der Waals surface area contributed by atoms with Crippen LogP contribution in [0.5, 0.6) is 0 Å². The van der Waals surface area contributed by atoms with E-state index in [4.69, 9.17) is 0 Å². The van der Waals surface area contributed by atoms with Crippen molar-refractivity contribution in [3.05, 3.63) is 92.8 Å². The molecule has 2 N–H and O–H groups in total. The first kappa shape index (κ1) is 16.3. The Morgan fingerprint density at radius 1 is 1.16 bits per heavy atom. The van der Waals surface area contributed by atoms with Crippen molar-refractivity contribution in [2.75, 3.05) is 5.32 Å². The number of rotatable bonds is 4. The van der Waals surface area contributed by atoms with Crippen LogP contribution < -0.4 is 16.6 Å². The van der Waals surface area contributed by atoms with Gasteiger partial charge in [-0.3, -0.25) is 19.1 Å². The zero-order chi connectivity index (χ0) is 17.8. The number of benzene rings is 1. The fraction of sp³-hybridized carbons (Fsp3) is 0.0588. The lowest BCUT2D eigenvalue weighted by atomic mass is 10.2. The molecule has 0 radical (unpaired) electrons. The summed E-state index contributed by atoms with van der Waals surface area (Å²) in [5.74, 6) is -1.23. The van der Waals surface area contributed by atoms with E-state index in [1.807, 2.05) is 0 Å². The van der Waals surface area contributed by atoms with Gasteiger partial charge in [0.1, 0.15) is 11.4 Å². The Morgan fingerprint density at radius 3 is 2.60 bits per heavy atom. The molecule has 0 unspecified atom stereocenters. The van der Waals surface area contributed by atoms with Gasteiger partial charge in [0.05, 0.1) is 6.54 Å². The standard InChI is InChI=1S/C17H13FN4O3/c18-14-4-2-1-3-11(14)10-22-16(24)13(9-20-17(22)25)15(23)21-12-5-7-19-8-6-12/h1-9H,10H2,(H,20,25)(H,19,21,23). The van der Waals surface area contributed by atoms with Gasteiger partial charge in [0, 0.05) is 29.8 Å². The number of aromatic nitrogens is 3. The molecule has 0 saturated carbocycles. The summed E-state index contributed by atoms with van der Waals surface area (Å²) >= 11 is 0. The molecule has 126 valence electrons. The Balaban J connectivity index is 1.95. The number of carbonyl (C=O) groups is 1. The lowest BCUT2D eigenvalue weighted by molar-refractivity contribution is 0.102. The highest BCUT2D eigenvalue weighted by Gasteiger charge is 2.16. The number of carbonyl (C=O) groups excluding carboxylic acids is 1. The van der Waals surface area contributed by atoms with Gasteiger partial charge < -0.3 is 10.3 Å². The first-order valence-electron chi connectivity index (χ1n) is 7.33. The summed E-state index contributed by atoms with van der Waals surface area (Å²) in [4.78, 5) is 42.8. The molecule has 0 spiro atoms. The number of hydrogen-bond acceptors (Lipinski definition) is 4. The highest BCUT2D eigenvalue weighted by Crippen LogP contribution is 2.07. The molecule has 0 atom stereocenters. The van der Waals surface area contributed by atoms with E-state index in [9.17, 15) is 18.8 Å². The van der Waals surface area contributed by atoms with Crippen molar-refractivity contribution < 1.29 is 9.18 Å². The third kappa shape index (κ3) is 3.52. The lowest BCUT2D eigenvalue weighted by Crippen LogP contribution is -2.39. The largest absolute Gasteiger partial charge is 0.328 e. The van der Waals surface area contributed by atoms with Crippen LogP contribution in [-0.2, 0) is 6.54 Å². The Hall–Kier alpha value is -3.55. The second kappa shape index (κ2) is 6.91. The average Bonchev–Trinajstić information content (AvgIpc) is 2.61. The molecule has 7 nitrogen and oxygen atoms in total. The monoisotopic (exact) mass is 340 g/mol. The number of amides is 1. The number of nitrogens with zero attached hydrogens (tertiary/aromatic N) is 2. The molecule has 0 saturated heterocycles. The van der Waals surface area contributed by atoms with Gasteiger partial charge in [-0.15, -0.1) is 0 Å². The van der Waals surface area contributed by atoms with Gasteiger partial charge in [-0.25, -0.2) is 9.18 Å². The van der Waals surface area contributed by atoms with Crippen LogP contribution in [0.15, 0.2) is 64.6 Å². The van der Waals surface area contributed by atoms with Crippen LogP contribution in [0.1, 0.15) is 15.9 Å². The van der Waals surface area contributed by atoms with Gasteiger partial charge in [-0.2, -0.15) is 0 Å². The van der Waals surface area contributed by atoms with Crippen LogP contribution >= 0.6 is 0 Å². The quantitative estimate of drug-likeness (QED) is 0.750. The maximum absolute atomic E-state index is 13.8. The first-order valence-corrected chi connectivity index (χ1v) is 7.33. The van der Waals surface area contributed by atoms with Crippen molar-refractivity contribution in [2.24, 2.45) is 0 Å². The fourth-order valence-corrected chi connectivity index (χ4v) is 2.25. The summed E-state index contributed by atoms with van der Waals surface area (Å²) in [5, 5.41) is 2.53. The predicted octanol–water partition coefficient (Wildman–Crippen LogP) is 1.37. The van der Waals surface area contributed by atoms with Crippen LogP contribution in [0.2, 0.25) is 0 Å². The van der Waals surface area contributed by atoms with Crippen molar-refractivity contribution in [3.8, 4) is 0 Å². The van der Waals surface area contributed by atoms with Crippen LogP contribution in [0.4, 0.5) is 10.1 Å². The third-order valence-corrected chi connectivity index (χ3v) is 3.53. The van der Waals surface area contributed by atoms with Gasteiger partial charge in [-0.1, -0.05) is 18.2 Å². The average molecular weight is 340 g/mol. The summed E-state index contributed by atoms with van der Waals surface area (Å²) < 4.78 is 14.6. The second-order valence-corrected chi connectivity index (χ2v) is 5.18. The maximum atomic E-state index is 13.8. The molecule has 0 bridgehead atoms. The van der Waals surface area contributed by atoms with Gasteiger partial charge >= 0.3 is 5.69 Å². The normalized spacial score (nSPS) is 10.4. The molecule has 0 aliphatic rings. The first-order chi connectivity index (χ1) is 12.1. The molecular formula is C17H13FN4O3. The van der Waals surface area contributed by atoms with Gasteiger partial charge in [0.15, 0.2) is 0 Å². The lowest BCUT2D eigenvalue weighted by Gasteiger charge is -2.08. The molecule has 0 aliphatic heterocycles. The molecule has 2 aromatic heterocycles. The van der Waals surface area contributed by atoms with E-state index in [-0.39, 0.29) is 17.7 Å². The van der Waals surface area contributed by atoms with Crippen molar-refractivity contribution in [1.82, 2.24) is 14.5 Å². The molecule has 3 rings (SSSR count). The Bertz CT molecular complexity index is 1030. The van der Waals surface area contributed by atoms with E-state index >= 15 is 0 Å². The topological polar surface area (TPSA) is 96.8 Å². The predicted molar refractivity (Wildman–Crippen MR) is 89.0 cm³/mol. The van der Waals surface area contributed by atoms with E-state index in [1.165, 1.54) is 30.6 Å².